The molecule has 2 rings (SSSR count). The molecule has 1 saturated carbocycles. The van der Waals surface area contributed by atoms with Crippen LogP contribution in [-0.4, -0.2) is 11.0 Å². The summed E-state index contributed by atoms with van der Waals surface area (Å²) in [4.78, 5) is 10.5. The summed E-state index contributed by atoms with van der Waals surface area (Å²) in [5, 5.41) is 14.4. The Hall–Kier alpha value is -1.10. The molecule has 0 spiro atoms. The lowest BCUT2D eigenvalue weighted by atomic mass is 9.89. The molecule has 2 atom stereocenters. The SMILES string of the molecule is CC(C)C1CCCC(Nc2cc([N+](=O)[O-])ccc2Br)CC1. The number of nitrogens with one attached hydrogen (secondary N) is 1. The number of nitrogens with zero attached hydrogens (tertiary/aromatic N) is 1. The average Bonchev–Trinajstić information content (AvgIpc) is 2.66. The van der Waals surface area contributed by atoms with E-state index in [1.807, 2.05) is 0 Å². The smallest absolute Gasteiger partial charge is 0.271 e. The Morgan fingerprint density at radius 2 is 2.05 bits per heavy atom. The van der Waals surface area contributed by atoms with E-state index in [0.29, 0.717) is 6.04 Å². The van der Waals surface area contributed by atoms with Crippen molar-refractivity contribution in [2.45, 2.75) is 52.0 Å². The molecule has 21 heavy (non-hydrogen) atoms. The lowest BCUT2D eigenvalue weighted by molar-refractivity contribution is -0.384. The molecular formula is C16H23BrN2O2. The van der Waals surface area contributed by atoms with Crippen molar-refractivity contribution in [3.05, 3.63) is 32.8 Å². The molecule has 5 heteroatoms. The first-order valence-corrected chi connectivity index (χ1v) is 8.47. The topological polar surface area (TPSA) is 55.2 Å². The van der Waals surface area contributed by atoms with E-state index in [0.717, 1.165) is 34.8 Å². The van der Waals surface area contributed by atoms with E-state index in [4.69, 9.17) is 0 Å². The molecule has 0 amide bonds. The second kappa shape index (κ2) is 7.25. The van der Waals surface area contributed by atoms with Crippen LogP contribution in [0.5, 0.6) is 0 Å². The lowest BCUT2D eigenvalue weighted by Crippen LogP contribution is -2.19. The summed E-state index contributed by atoms with van der Waals surface area (Å²) in [5.41, 5.74) is 0.964. The van der Waals surface area contributed by atoms with E-state index in [9.17, 15) is 10.1 Å². The van der Waals surface area contributed by atoms with E-state index >= 15 is 0 Å². The van der Waals surface area contributed by atoms with Crippen LogP contribution in [-0.2, 0) is 0 Å². The second-order valence-electron chi connectivity index (χ2n) is 6.27. The van der Waals surface area contributed by atoms with Gasteiger partial charge >= 0.3 is 0 Å². The maximum absolute atomic E-state index is 10.9. The van der Waals surface area contributed by atoms with Crippen LogP contribution in [0.4, 0.5) is 11.4 Å². The molecular weight excluding hydrogens is 332 g/mol. The molecule has 1 aliphatic carbocycles. The number of halogens is 1. The highest BCUT2D eigenvalue weighted by atomic mass is 79.9. The van der Waals surface area contributed by atoms with Gasteiger partial charge in [-0.15, -0.1) is 0 Å². The molecule has 1 aromatic carbocycles. The van der Waals surface area contributed by atoms with Gasteiger partial charge in [0.1, 0.15) is 0 Å². The van der Waals surface area contributed by atoms with Gasteiger partial charge in [-0.2, -0.15) is 0 Å². The fraction of sp³-hybridized carbons (Fsp3) is 0.625. The fourth-order valence-corrected chi connectivity index (χ4v) is 3.46. The number of hydrogen-bond acceptors (Lipinski definition) is 3. The van der Waals surface area contributed by atoms with Crippen LogP contribution >= 0.6 is 15.9 Å². The molecule has 1 aromatic rings. The van der Waals surface area contributed by atoms with Gasteiger partial charge < -0.3 is 5.32 Å². The van der Waals surface area contributed by atoms with E-state index in [1.54, 1.807) is 12.1 Å². The van der Waals surface area contributed by atoms with Gasteiger partial charge in [-0.05, 0) is 53.1 Å². The molecule has 116 valence electrons. The van der Waals surface area contributed by atoms with Gasteiger partial charge in [-0.3, -0.25) is 10.1 Å². The molecule has 0 aromatic heterocycles. The first-order chi connectivity index (χ1) is 9.97. The zero-order valence-electron chi connectivity index (χ0n) is 12.6. The van der Waals surface area contributed by atoms with Crippen LogP contribution in [0.2, 0.25) is 0 Å². The van der Waals surface area contributed by atoms with Gasteiger partial charge in [-0.25, -0.2) is 0 Å². The summed E-state index contributed by atoms with van der Waals surface area (Å²) in [5.74, 6) is 1.55. The summed E-state index contributed by atoms with van der Waals surface area (Å²) >= 11 is 3.48. The largest absolute Gasteiger partial charge is 0.381 e. The van der Waals surface area contributed by atoms with Crippen molar-refractivity contribution < 1.29 is 4.92 Å². The number of rotatable bonds is 4. The molecule has 0 aliphatic heterocycles. The summed E-state index contributed by atoms with van der Waals surface area (Å²) in [6.07, 6.45) is 6.04. The monoisotopic (exact) mass is 354 g/mol. The van der Waals surface area contributed by atoms with Crippen LogP contribution in [0.15, 0.2) is 22.7 Å². The Kier molecular flexibility index (Phi) is 5.62. The zero-order chi connectivity index (χ0) is 15.4. The van der Waals surface area contributed by atoms with Crippen LogP contribution in [0.1, 0.15) is 46.0 Å². The quantitative estimate of drug-likeness (QED) is 0.448. The molecule has 0 radical (unpaired) electrons. The number of anilines is 1. The van der Waals surface area contributed by atoms with Crippen molar-refractivity contribution in [3.63, 3.8) is 0 Å². The molecule has 0 heterocycles. The third-order valence-electron chi connectivity index (χ3n) is 4.48. The standard InChI is InChI=1S/C16H23BrN2O2/c1-11(2)12-4-3-5-13(7-6-12)18-16-10-14(19(20)21)8-9-15(16)17/h8-13,18H,3-7H2,1-2H3. The Balaban J connectivity index is 2.04. The summed E-state index contributed by atoms with van der Waals surface area (Å²) in [6, 6.07) is 5.30. The normalized spacial score (nSPS) is 22.9. The summed E-state index contributed by atoms with van der Waals surface area (Å²) in [7, 11) is 0. The van der Waals surface area contributed by atoms with Gasteiger partial charge in [0.15, 0.2) is 0 Å². The van der Waals surface area contributed by atoms with Gasteiger partial charge in [0, 0.05) is 22.6 Å². The number of nitro groups is 1. The maximum Gasteiger partial charge on any atom is 0.271 e. The predicted molar refractivity (Wildman–Crippen MR) is 89.6 cm³/mol. The first-order valence-electron chi connectivity index (χ1n) is 7.68. The van der Waals surface area contributed by atoms with Crippen LogP contribution < -0.4 is 5.32 Å². The van der Waals surface area contributed by atoms with Gasteiger partial charge in [0.05, 0.1) is 10.6 Å². The van der Waals surface area contributed by atoms with Crippen molar-refractivity contribution in [2.24, 2.45) is 11.8 Å². The predicted octanol–water partition coefficient (Wildman–Crippen LogP) is 5.37. The van der Waals surface area contributed by atoms with Crippen molar-refractivity contribution in [1.29, 1.82) is 0 Å². The first kappa shape index (κ1) is 16.3. The van der Waals surface area contributed by atoms with Crippen LogP contribution in [0.3, 0.4) is 0 Å². The zero-order valence-corrected chi connectivity index (χ0v) is 14.2. The minimum atomic E-state index is -0.348. The van der Waals surface area contributed by atoms with Crippen LogP contribution in [0, 0.1) is 22.0 Å². The Labute approximate surface area is 134 Å². The molecule has 0 saturated heterocycles. The maximum atomic E-state index is 10.9. The highest BCUT2D eigenvalue weighted by Crippen LogP contribution is 2.33. The number of nitro benzene ring substituents is 1. The highest BCUT2D eigenvalue weighted by Gasteiger charge is 2.21. The minimum Gasteiger partial charge on any atom is -0.381 e. The summed E-state index contributed by atoms with van der Waals surface area (Å²) < 4.78 is 0.887. The average molecular weight is 355 g/mol. The van der Waals surface area contributed by atoms with Crippen molar-refractivity contribution in [1.82, 2.24) is 0 Å². The Morgan fingerprint density at radius 3 is 2.71 bits per heavy atom. The molecule has 4 nitrogen and oxygen atoms in total. The number of hydrogen-bond donors (Lipinski definition) is 1. The molecule has 0 bridgehead atoms. The second-order valence-corrected chi connectivity index (χ2v) is 7.13. The minimum absolute atomic E-state index is 0.134. The van der Waals surface area contributed by atoms with E-state index in [-0.39, 0.29) is 10.6 Å². The van der Waals surface area contributed by atoms with Crippen LogP contribution in [0.25, 0.3) is 0 Å². The van der Waals surface area contributed by atoms with Crippen molar-refractivity contribution >= 4 is 27.3 Å². The van der Waals surface area contributed by atoms with Gasteiger partial charge in [0.2, 0.25) is 0 Å². The van der Waals surface area contributed by atoms with E-state index in [1.165, 1.54) is 25.3 Å². The van der Waals surface area contributed by atoms with E-state index < -0.39 is 0 Å². The van der Waals surface area contributed by atoms with E-state index in [2.05, 4.69) is 35.1 Å². The lowest BCUT2D eigenvalue weighted by Gasteiger charge is -2.20. The molecule has 1 N–H and O–H groups in total. The third-order valence-corrected chi connectivity index (χ3v) is 5.17. The van der Waals surface area contributed by atoms with Crippen molar-refractivity contribution in [3.8, 4) is 0 Å². The third kappa shape index (κ3) is 4.43. The molecule has 1 fully saturated rings. The molecule has 2 unspecified atom stereocenters. The van der Waals surface area contributed by atoms with Gasteiger partial charge in [0.25, 0.3) is 5.69 Å². The number of benzene rings is 1. The van der Waals surface area contributed by atoms with Crippen molar-refractivity contribution in [2.75, 3.05) is 5.32 Å². The Bertz CT molecular complexity index is 505. The molecule has 1 aliphatic rings. The Morgan fingerprint density at radius 1 is 1.29 bits per heavy atom. The highest BCUT2D eigenvalue weighted by molar-refractivity contribution is 9.10. The number of non-ortho nitro benzene ring substituents is 1. The van der Waals surface area contributed by atoms with Gasteiger partial charge in [-0.1, -0.05) is 26.7 Å². The fourth-order valence-electron chi connectivity index (χ4n) is 3.10. The summed E-state index contributed by atoms with van der Waals surface area (Å²) in [6.45, 7) is 4.60.